The molecule has 0 fully saturated rings. The van der Waals surface area contributed by atoms with Gasteiger partial charge >= 0.3 is 0 Å². The molecule has 3 aromatic carbocycles. The van der Waals surface area contributed by atoms with Crippen molar-refractivity contribution in [2.75, 3.05) is 18.0 Å². The number of aromatic nitrogens is 2. The minimum absolute atomic E-state index is 0.00291. The van der Waals surface area contributed by atoms with E-state index in [1.54, 1.807) is 0 Å². The molecule has 5 heteroatoms. The fraction of sp³-hybridized carbons (Fsp3) is 0.231. The molecule has 0 saturated carbocycles. The molecular formula is C26H25N3O2. The van der Waals surface area contributed by atoms with Crippen molar-refractivity contribution in [3.05, 3.63) is 74.5 Å². The summed E-state index contributed by atoms with van der Waals surface area (Å²) in [6, 6.07) is 15.3. The molecular weight excluding hydrogens is 386 g/mol. The third-order valence-electron chi connectivity index (χ3n) is 6.33. The fourth-order valence-electron chi connectivity index (χ4n) is 4.66. The molecule has 0 aliphatic heterocycles. The van der Waals surface area contributed by atoms with Gasteiger partial charge in [-0.1, -0.05) is 25.1 Å². The van der Waals surface area contributed by atoms with Crippen LogP contribution in [0.1, 0.15) is 26.3 Å². The van der Waals surface area contributed by atoms with Gasteiger partial charge in [-0.25, -0.2) is 0 Å². The largest absolute Gasteiger partial charge is 0.371 e. The summed E-state index contributed by atoms with van der Waals surface area (Å²) < 4.78 is 0. The standard InChI is InChI=1S/C26H25N3O2/c1-4-15-11-12-22(29(5-2)6-3)23-24(15)28-21-13-17-20(14-18(21)26(23)31)27-19-10-8-7-9-16(19)25(17)30/h7-14H,4-6H2,1-3H3,(H,27,30)(H,28,31). The summed E-state index contributed by atoms with van der Waals surface area (Å²) in [5.74, 6) is 0. The van der Waals surface area contributed by atoms with Gasteiger partial charge in [0.05, 0.1) is 27.6 Å². The van der Waals surface area contributed by atoms with Gasteiger partial charge in [0, 0.05) is 34.8 Å². The van der Waals surface area contributed by atoms with Crippen LogP contribution in [0, 0.1) is 0 Å². The van der Waals surface area contributed by atoms with Crippen LogP contribution in [-0.4, -0.2) is 23.1 Å². The number of nitrogens with zero attached hydrogens (tertiary/aromatic N) is 1. The quantitative estimate of drug-likeness (QED) is 0.405. The SMILES string of the molecule is CCc1ccc(N(CC)CC)c2c(=O)c3cc4[nH]c5ccccc5c(=O)c4cc3[nH]c12. The molecule has 156 valence electrons. The highest BCUT2D eigenvalue weighted by molar-refractivity contribution is 6.05. The first-order valence-electron chi connectivity index (χ1n) is 10.9. The number of hydrogen-bond donors (Lipinski definition) is 2. The van der Waals surface area contributed by atoms with E-state index in [2.05, 4.69) is 47.8 Å². The lowest BCUT2D eigenvalue weighted by molar-refractivity contribution is 0.870. The summed E-state index contributed by atoms with van der Waals surface area (Å²) in [6.07, 6.45) is 0.815. The highest BCUT2D eigenvalue weighted by Gasteiger charge is 2.17. The topological polar surface area (TPSA) is 69.0 Å². The van der Waals surface area contributed by atoms with Crippen molar-refractivity contribution in [2.24, 2.45) is 0 Å². The Morgan fingerprint density at radius 2 is 1.42 bits per heavy atom. The minimum Gasteiger partial charge on any atom is -0.371 e. The number of pyridine rings is 2. The number of nitrogens with one attached hydrogen (secondary N) is 2. The molecule has 5 rings (SSSR count). The summed E-state index contributed by atoms with van der Waals surface area (Å²) in [4.78, 5) is 35.9. The molecule has 0 aliphatic rings. The van der Waals surface area contributed by atoms with E-state index in [1.165, 1.54) is 0 Å². The average molecular weight is 412 g/mol. The van der Waals surface area contributed by atoms with Gasteiger partial charge in [-0.15, -0.1) is 0 Å². The van der Waals surface area contributed by atoms with Gasteiger partial charge in [-0.3, -0.25) is 9.59 Å². The normalized spacial score (nSPS) is 11.7. The molecule has 2 heterocycles. The zero-order valence-corrected chi connectivity index (χ0v) is 18.0. The van der Waals surface area contributed by atoms with E-state index in [1.807, 2.05) is 36.4 Å². The molecule has 0 radical (unpaired) electrons. The molecule has 5 nitrogen and oxygen atoms in total. The van der Waals surface area contributed by atoms with E-state index in [0.717, 1.165) is 47.2 Å². The van der Waals surface area contributed by atoms with Gasteiger partial charge in [0.25, 0.3) is 0 Å². The van der Waals surface area contributed by atoms with Gasteiger partial charge in [-0.05, 0) is 56.2 Å². The fourth-order valence-corrected chi connectivity index (χ4v) is 4.66. The molecule has 31 heavy (non-hydrogen) atoms. The monoisotopic (exact) mass is 411 g/mol. The number of benzene rings is 3. The predicted octanol–water partition coefficient (Wildman–Crippen LogP) is 5.08. The van der Waals surface area contributed by atoms with Crippen LogP contribution >= 0.6 is 0 Å². The molecule has 0 bridgehead atoms. The molecule has 0 aliphatic carbocycles. The first-order chi connectivity index (χ1) is 15.1. The number of aryl methyl sites for hydroxylation is 1. The van der Waals surface area contributed by atoms with E-state index in [0.29, 0.717) is 27.2 Å². The van der Waals surface area contributed by atoms with E-state index in [9.17, 15) is 9.59 Å². The van der Waals surface area contributed by atoms with Crippen molar-refractivity contribution in [1.29, 1.82) is 0 Å². The minimum atomic E-state index is -0.0280. The molecule has 2 N–H and O–H groups in total. The summed E-state index contributed by atoms with van der Waals surface area (Å²) in [6.45, 7) is 7.94. The van der Waals surface area contributed by atoms with Crippen LogP contribution < -0.4 is 15.8 Å². The maximum atomic E-state index is 13.8. The zero-order chi connectivity index (χ0) is 21.7. The van der Waals surface area contributed by atoms with Crippen molar-refractivity contribution >= 4 is 49.3 Å². The Morgan fingerprint density at radius 3 is 2.13 bits per heavy atom. The summed E-state index contributed by atoms with van der Waals surface area (Å²) in [7, 11) is 0. The van der Waals surface area contributed by atoms with Gasteiger partial charge < -0.3 is 14.9 Å². The van der Waals surface area contributed by atoms with Gasteiger partial charge in [0.15, 0.2) is 10.9 Å². The van der Waals surface area contributed by atoms with Gasteiger partial charge in [-0.2, -0.15) is 0 Å². The van der Waals surface area contributed by atoms with Gasteiger partial charge in [0.1, 0.15) is 0 Å². The number of para-hydroxylation sites is 1. The maximum Gasteiger partial charge on any atom is 0.199 e. The highest BCUT2D eigenvalue weighted by atomic mass is 16.1. The van der Waals surface area contributed by atoms with E-state index >= 15 is 0 Å². The van der Waals surface area contributed by atoms with E-state index in [-0.39, 0.29) is 10.9 Å². The molecule has 0 atom stereocenters. The second kappa shape index (κ2) is 7.27. The van der Waals surface area contributed by atoms with Crippen LogP contribution in [0.15, 0.2) is 58.1 Å². The average Bonchev–Trinajstić information content (AvgIpc) is 2.79. The lowest BCUT2D eigenvalue weighted by Crippen LogP contribution is -2.24. The van der Waals surface area contributed by atoms with E-state index in [4.69, 9.17) is 0 Å². The molecule has 2 aromatic heterocycles. The van der Waals surface area contributed by atoms with Gasteiger partial charge in [0.2, 0.25) is 0 Å². The number of anilines is 1. The zero-order valence-electron chi connectivity index (χ0n) is 18.0. The number of fused-ring (bicyclic) bond motifs is 4. The Kier molecular flexibility index (Phi) is 4.54. The highest BCUT2D eigenvalue weighted by Crippen LogP contribution is 2.29. The molecule has 5 aromatic rings. The number of aromatic amines is 2. The Labute approximate surface area is 179 Å². The van der Waals surface area contributed by atoms with E-state index < -0.39 is 0 Å². The number of H-pyrrole nitrogens is 2. The first kappa shape index (κ1) is 19.4. The van der Waals surface area contributed by atoms with Crippen molar-refractivity contribution in [1.82, 2.24) is 9.97 Å². The number of rotatable bonds is 4. The van der Waals surface area contributed by atoms with Crippen LogP contribution in [0.3, 0.4) is 0 Å². The Bertz CT molecular complexity index is 1590. The predicted molar refractivity (Wildman–Crippen MR) is 131 cm³/mol. The number of hydrogen-bond acceptors (Lipinski definition) is 3. The van der Waals surface area contributed by atoms with Crippen molar-refractivity contribution in [2.45, 2.75) is 27.2 Å². The van der Waals surface area contributed by atoms with Crippen molar-refractivity contribution in [3.63, 3.8) is 0 Å². The lowest BCUT2D eigenvalue weighted by Gasteiger charge is -2.23. The van der Waals surface area contributed by atoms with Crippen molar-refractivity contribution < 1.29 is 0 Å². The third-order valence-corrected chi connectivity index (χ3v) is 6.33. The second-order valence-electron chi connectivity index (χ2n) is 7.92. The Hall–Kier alpha value is -3.60. The second-order valence-corrected chi connectivity index (χ2v) is 7.92. The summed E-state index contributed by atoms with van der Waals surface area (Å²) in [5, 5.41) is 2.54. The van der Waals surface area contributed by atoms with Crippen molar-refractivity contribution in [3.8, 4) is 0 Å². The third kappa shape index (κ3) is 2.84. The van der Waals surface area contributed by atoms with Crippen LogP contribution in [0.4, 0.5) is 5.69 Å². The Balaban J connectivity index is 1.96. The molecule has 0 saturated heterocycles. The van der Waals surface area contributed by atoms with Crippen LogP contribution in [-0.2, 0) is 6.42 Å². The molecule has 0 spiro atoms. The lowest BCUT2D eigenvalue weighted by atomic mass is 10.0. The smallest absolute Gasteiger partial charge is 0.199 e. The van der Waals surface area contributed by atoms with Crippen LogP contribution in [0.5, 0.6) is 0 Å². The Morgan fingerprint density at radius 1 is 0.742 bits per heavy atom. The molecule has 0 unspecified atom stereocenters. The summed E-state index contributed by atoms with van der Waals surface area (Å²) >= 11 is 0. The first-order valence-corrected chi connectivity index (χ1v) is 10.9. The van der Waals surface area contributed by atoms with Crippen LogP contribution in [0.2, 0.25) is 0 Å². The molecule has 0 amide bonds. The maximum absolute atomic E-state index is 13.8. The van der Waals surface area contributed by atoms with Crippen LogP contribution in [0.25, 0.3) is 43.6 Å². The summed E-state index contributed by atoms with van der Waals surface area (Å²) in [5.41, 5.74) is 5.02.